The number of ether oxygens (including phenoxy) is 2. The zero-order valence-corrected chi connectivity index (χ0v) is 21.3. The number of anilines is 1. The van der Waals surface area contributed by atoms with Gasteiger partial charge in [0.15, 0.2) is 0 Å². The molecule has 10 nitrogen and oxygen atoms in total. The maximum Gasteiger partial charge on any atom is 0.300 e. The third kappa shape index (κ3) is 5.29. The van der Waals surface area contributed by atoms with Crippen molar-refractivity contribution in [2.24, 2.45) is 0 Å². The van der Waals surface area contributed by atoms with Crippen molar-refractivity contribution in [3.05, 3.63) is 64.2 Å². The maximum absolute atomic E-state index is 13.0. The number of nitrogens with zero attached hydrogens (tertiary/aromatic N) is 4. The zero-order valence-electron chi connectivity index (χ0n) is 19.7. The van der Waals surface area contributed by atoms with Crippen LogP contribution in [0.1, 0.15) is 5.56 Å². The molecule has 0 unspecified atom stereocenters. The van der Waals surface area contributed by atoms with Crippen molar-refractivity contribution in [1.29, 1.82) is 0 Å². The lowest BCUT2D eigenvalue weighted by Crippen LogP contribution is -2.23. The molecule has 0 fully saturated rings. The van der Waals surface area contributed by atoms with Crippen molar-refractivity contribution in [3.8, 4) is 22.8 Å². The summed E-state index contributed by atoms with van der Waals surface area (Å²) in [6.07, 6.45) is 4.58. The van der Waals surface area contributed by atoms with Gasteiger partial charge in [0.25, 0.3) is 15.6 Å². The van der Waals surface area contributed by atoms with E-state index in [4.69, 9.17) is 9.47 Å². The Balaban J connectivity index is 1.71. The Hall–Kier alpha value is -3.48. The minimum atomic E-state index is -3.83. The van der Waals surface area contributed by atoms with Crippen LogP contribution in [-0.2, 0) is 10.0 Å². The van der Waals surface area contributed by atoms with E-state index >= 15 is 0 Å². The summed E-state index contributed by atoms with van der Waals surface area (Å²) in [7, 11) is 1.41. The highest BCUT2D eigenvalue weighted by Gasteiger charge is 2.21. The van der Waals surface area contributed by atoms with Crippen LogP contribution in [-0.4, -0.2) is 62.0 Å². The summed E-state index contributed by atoms with van der Waals surface area (Å²) in [5, 5.41) is 1.72. The molecule has 0 amide bonds. The molecule has 1 N–H and O–H groups in total. The number of rotatable bonds is 9. The lowest BCUT2D eigenvalue weighted by molar-refractivity contribution is 0.257. The number of sulfonamides is 1. The molecule has 4 aromatic heterocycles. The van der Waals surface area contributed by atoms with Gasteiger partial charge in [-0.25, -0.2) is 18.4 Å². The molecule has 0 saturated carbocycles. The standard InChI is InChI=1S/C23H25N5O5S2/c1-15-7-10-34-23(15)35(30,31)26-18-11-17(12-25-21(18)32-4)16-5-6-20-24-13-19(22(29)28(20)14-16)33-9-8-27(2)3/h5-7,10-14,26H,8-9H2,1-4H3. The van der Waals surface area contributed by atoms with Crippen LogP contribution in [0.4, 0.5) is 5.69 Å². The predicted octanol–water partition coefficient (Wildman–Crippen LogP) is 2.88. The molecule has 0 saturated heterocycles. The molecule has 4 rings (SSSR count). The average Bonchev–Trinajstić information content (AvgIpc) is 3.27. The van der Waals surface area contributed by atoms with E-state index in [1.807, 2.05) is 19.0 Å². The second-order valence-corrected chi connectivity index (χ2v) is 10.8. The molecule has 0 atom stereocenters. The minimum Gasteiger partial charge on any atom is -0.485 e. The number of likely N-dealkylation sites (N-methyl/N-ethyl adjacent to an activating group) is 1. The van der Waals surface area contributed by atoms with E-state index in [-0.39, 0.29) is 27.1 Å². The molecule has 4 heterocycles. The molecular weight excluding hydrogens is 490 g/mol. The Labute approximate surface area is 206 Å². The Kier molecular flexibility index (Phi) is 7.05. The number of hydrogen-bond acceptors (Lipinski definition) is 9. The Morgan fingerprint density at radius 2 is 1.94 bits per heavy atom. The van der Waals surface area contributed by atoms with Gasteiger partial charge in [0, 0.05) is 30.1 Å². The van der Waals surface area contributed by atoms with Crippen LogP contribution in [0.15, 0.2) is 57.2 Å². The summed E-state index contributed by atoms with van der Waals surface area (Å²) in [5.74, 6) is 0.275. The van der Waals surface area contributed by atoms with Gasteiger partial charge in [-0.15, -0.1) is 11.3 Å². The fraction of sp³-hybridized carbons (Fsp3) is 0.261. The third-order valence-corrected chi connectivity index (χ3v) is 8.20. The maximum atomic E-state index is 13.0. The molecule has 0 aliphatic carbocycles. The van der Waals surface area contributed by atoms with Crippen LogP contribution in [0.25, 0.3) is 16.8 Å². The van der Waals surface area contributed by atoms with Gasteiger partial charge in [0.05, 0.1) is 13.3 Å². The van der Waals surface area contributed by atoms with Crippen molar-refractivity contribution in [1.82, 2.24) is 19.3 Å². The predicted molar refractivity (Wildman–Crippen MR) is 135 cm³/mol. The lowest BCUT2D eigenvalue weighted by Gasteiger charge is -2.13. The van der Waals surface area contributed by atoms with E-state index < -0.39 is 10.0 Å². The number of fused-ring (bicyclic) bond motifs is 1. The molecule has 35 heavy (non-hydrogen) atoms. The quantitative estimate of drug-likeness (QED) is 0.362. The summed E-state index contributed by atoms with van der Waals surface area (Å²) in [4.78, 5) is 23.5. The van der Waals surface area contributed by atoms with Gasteiger partial charge in [-0.3, -0.25) is 13.9 Å². The molecule has 0 spiro atoms. The largest absolute Gasteiger partial charge is 0.485 e. The average molecular weight is 516 g/mol. The normalized spacial score (nSPS) is 11.7. The summed E-state index contributed by atoms with van der Waals surface area (Å²) in [6.45, 7) is 2.74. The lowest BCUT2D eigenvalue weighted by atomic mass is 10.1. The molecule has 0 bridgehead atoms. The first kappa shape index (κ1) is 24.6. The molecular formula is C23H25N5O5S2. The van der Waals surface area contributed by atoms with Crippen LogP contribution in [0.3, 0.4) is 0 Å². The highest BCUT2D eigenvalue weighted by atomic mass is 32.2. The van der Waals surface area contributed by atoms with Crippen molar-refractivity contribution >= 4 is 32.7 Å². The van der Waals surface area contributed by atoms with E-state index in [0.29, 0.717) is 35.5 Å². The van der Waals surface area contributed by atoms with Crippen LogP contribution >= 0.6 is 11.3 Å². The number of nitrogens with one attached hydrogen (secondary N) is 1. The molecule has 12 heteroatoms. The molecule has 4 aromatic rings. The van der Waals surface area contributed by atoms with Crippen LogP contribution < -0.4 is 19.8 Å². The molecule has 0 aliphatic rings. The van der Waals surface area contributed by atoms with Crippen molar-refractivity contribution in [3.63, 3.8) is 0 Å². The third-order valence-electron chi connectivity index (χ3n) is 5.15. The monoisotopic (exact) mass is 515 g/mol. The Morgan fingerprint density at radius 1 is 1.14 bits per heavy atom. The summed E-state index contributed by atoms with van der Waals surface area (Å²) >= 11 is 1.13. The Morgan fingerprint density at radius 3 is 2.63 bits per heavy atom. The van der Waals surface area contributed by atoms with Crippen LogP contribution in [0.2, 0.25) is 0 Å². The van der Waals surface area contributed by atoms with E-state index in [1.165, 1.54) is 17.7 Å². The molecule has 0 radical (unpaired) electrons. The van der Waals surface area contributed by atoms with Gasteiger partial charge in [0.1, 0.15) is 22.2 Å². The van der Waals surface area contributed by atoms with Crippen LogP contribution in [0.5, 0.6) is 11.6 Å². The first-order valence-electron chi connectivity index (χ1n) is 10.6. The van der Waals surface area contributed by atoms with Crippen LogP contribution in [0, 0.1) is 6.92 Å². The second kappa shape index (κ2) is 10.0. The fourth-order valence-corrected chi connectivity index (χ4v) is 5.81. The number of thiophene rings is 1. The van der Waals surface area contributed by atoms with E-state index in [2.05, 4.69) is 14.7 Å². The van der Waals surface area contributed by atoms with Gasteiger partial charge in [-0.2, -0.15) is 0 Å². The highest BCUT2D eigenvalue weighted by molar-refractivity contribution is 7.94. The van der Waals surface area contributed by atoms with Crippen molar-refractivity contribution in [2.75, 3.05) is 39.1 Å². The van der Waals surface area contributed by atoms with Gasteiger partial charge < -0.3 is 14.4 Å². The van der Waals surface area contributed by atoms with Gasteiger partial charge in [0.2, 0.25) is 11.6 Å². The summed E-state index contributed by atoms with van der Waals surface area (Å²) in [6, 6.07) is 6.83. The number of pyridine rings is 2. The zero-order chi connectivity index (χ0) is 25.2. The fourth-order valence-electron chi connectivity index (χ4n) is 3.34. The van der Waals surface area contributed by atoms with Gasteiger partial charge >= 0.3 is 0 Å². The molecule has 0 aliphatic heterocycles. The van der Waals surface area contributed by atoms with E-state index in [0.717, 1.165) is 11.3 Å². The van der Waals surface area contributed by atoms with Crippen molar-refractivity contribution in [2.45, 2.75) is 11.1 Å². The smallest absolute Gasteiger partial charge is 0.300 e. The summed E-state index contributed by atoms with van der Waals surface area (Å²) in [5.41, 5.74) is 2.16. The topological polar surface area (TPSA) is 115 Å². The number of methoxy groups -OCH3 is 1. The molecule has 0 aromatic carbocycles. The van der Waals surface area contributed by atoms with E-state index in [9.17, 15) is 13.2 Å². The minimum absolute atomic E-state index is 0.128. The SMILES string of the molecule is COc1ncc(-c2ccc3ncc(OCCN(C)C)c(=O)n3c2)cc1NS(=O)(=O)c1sccc1C. The first-order chi connectivity index (χ1) is 16.7. The van der Waals surface area contributed by atoms with E-state index in [1.54, 1.807) is 49.0 Å². The summed E-state index contributed by atoms with van der Waals surface area (Å²) < 4.78 is 40.9. The van der Waals surface area contributed by atoms with Gasteiger partial charge in [-0.05, 0) is 56.2 Å². The number of aromatic nitrogens is 3. The first-order valence-corrected chi connectivity index (χ1v) is 13.0. The highest BCUT2D eigenvalue weighted by Crippen LogP contribution is 2.31. The number of aryl methyl sites for hydroxylation is 1. The van der Waals surface area contributed by atoms with Gasteiger partial charge in [-0.1, -0.05) is 0 Å². The number of hydrogen-bond donors (Lipinski definition) is 1. The Bertz CT molecular complexity index is 1530. The second-order valence-electron chi connectivity index (χ2n) is 8.00. The molecule has 184 valence electrons. The van der Waals surface area contributed by atoms with Crippen molar-refractivity contribution < 1.29 is 17.9 Å².